The Morgan fingerprint density at radius 2 is 1.94 bits per heavy atom. The third-order valence-corrected chi connectivity index (χ3v) is 2.35. The number of nitrogens with two attached hydrogens (primary N) is 1. The molecule has 0 spiro atoms. The van der Waals surface area contributed by atoms with Crippen molar-refractivity contribution in [3.8, 4) is 11.5 Å². The molecule has 88 valence electrons. The van der Waals surface area contributed by atoms with E-state index in [1.54, 1.807) is 0 Å². The maximum Gasteiger partial charge on any atom is 0.341 e. The molecule has 0 bridgehead atoms. The van der Waals surface area contributed by atoms with Gasteiger partial charge in [-0.05, 0) is 0 Å². The number of nitrogen functional groups attached to an aromatic ring is 1. The molecule has 16 heavy (non-hydrogen) atoms. The van der Waals surface area contributed by atoms with Crippen LogP contribution in [0.3, 0.4) is 0 Å². The number of anilines is 1. The Morgan fingerprint density at radius 3 is 2.38 bits per heavy atom. The number of benzene rings is 1. The van der Waals surface area contributed by atoms with E-state index in [2.05, 4.69) is 4.74 Å². The van der Waals surface area contributed by atoms with Crippen LogP contribution in [-0.2, 0) is 4.74 Å². The summed E-state index contributed by atoms with van der Waals surface area (Å²) in [5.74, 6) is -0.00611. The molecule has 1 aromatic rings. The molecule has 6 heteroatoms. The van der Waals surface area contributed by atoms with Gasteiger partial charge in [0.2, 0.25) is 0 Å². The molecular formula is C10H12ClNO4. The Morgan fingerprint density at radius 1 is 1.31 bits per heavy atom. The molecule has 0 unspecified atom stereocenters. The van der Waals surface area contributed by atoms with Crippen LogP contribution in [0.4, 0.5) is 5.69 Å². The highest BCUT2D eigenvalue weighted by Gasteiger charge is 2.22. The topological polar surface area (TPSA) is 70.8 Å². The van der Waals surface area contributed by atoms with E-state index in [0.717, 1.165) is 0 Å². The molecule has 1 aromatic carbocycles. The first-order valence-corrected chi connectivity index (χ1v) is 4.72. The van der Waals surface area contributed by atoms with Gasteiger partial charge in [0.25, 0.3) is 0 Å². The molecule has 0 aliphatic heterocycles. The molecule has 5 nitrogen and oxygen atoms in total. The van der Waals surface area contributed by atoms with Crippen LogP contribution in [0.2, 0.25) is 5.02 Å². The van der Waals surface area contributed by atoms with E-state index in [0.29, 0.717) is 5.75 Å². The van der Waals surface area contributed by atoms with E-state index in [9.17, 15) is 4.79 Å². The molecule has 0 aliphatic carbocycles. The standard InChI is InChI=1S/C10H12ClNO4/c1-14-6-4-5(11)7(10(13)16-3)8(12)9(6)15-2/h4H,12H2,1-3H3. The van der Waals surface area contributed by atoms with Crippen molar-refractivity contribution in [2.24, 2.45) is 0 Å². The van der Waals surface area contributed by atoms with Crippen LogP contribution < -0.4 is 15.2 Å². The van der Waals surface area contributed by atoms with E-state index < -0.39 is 5.97 Å². The fraction of sp³-hybridized carbons (Fsp3) is 0.300. The Hall–Kier alpha value is -1.62. The first kappa shape index (κ1) is 12.4. The summed E-state index contributed by atoms with van der Waals surface area (Å²) in [6.07, 6.45) is 0. The Kier molecular flexibility index (Phi) is 3.84. The van der Waals surface area contributed by atoms with Gasteiger partial charge in [-0.1, -0.05) is 11.6 Å². The number of methoxy groups -OCH3 is 3. The minimum atomic E-state index is -0.622. The third kappa shape index (κ3) is 1.99. The number of carbonyl (C=O) groups excluding carboxylic acids is 1. The molecule has 0 radical (unpaired) electrons. The van der Waals surface area contributed by atoms with E-state index in [-0.39, 0.29) is 22.0 Å². The summed E-state index contributed by atoms with van der Waals surface area (Å²) < 4.78 is 14.6. The predicted molar refractivity (Wildman–Crippen MR) is 60.3 cm³/mol. The van der Waals surface area contributed by atoms with Gasteiger partial charge in [-0.3, -0.25) is 0 Å². The highest BCUT2D eigenvalue weighted by molar-refractivity contribution is 6.34. The fourth-order valence-corrected chi connectivity index (χ4v) is 1.58. The minimum Gasteiger partial charge on any atom is -0.493 e. The molecule has 1 rings (SSSR count). The normalized spacial score (nSPS) is 9.75. The first-order chi connectivity index (χ1) is 7.56. The lowest BCUT2D eigenvalue weighted by Gasteiger charge is -2.14. The summed E-state index contributed by atoms with van der Waals surface area (Å²) in [6.45, 7) is 0. The smallest absolute Gasteiger partial charge is 0.341 e. The van der Waals surface area contributed by atoms with Gasteiger partial charge in [-0.25, -0.2) is 4.79 Å². The van der Waals surface area contributed by atoms with Gasteiger partial charge in [0.15, 0.2) is 11.5 Å². The third-order valence-electron chi connectivity index (χ3n) is 2.05. The maximum atomic E-state index is 11.4. The molecule has 0 fully saturated rings. The van der Waals surface area contributed by atoms with E-state index in [1.807, 2.05) is 0 Å². The van der Waals surface area contributed by atoms with Gasteiger partial charge in [0.1, 0.15) is 5.56 Å². The van der Waals surface area contributed by atoms with Gasteiger partial charge in [0.05, 0.1) is 32.0 Å². The minimum absolute atomic E-state index is 0.0711. The lowest BCUT2D eigenvalue weighted by atomic mass is 10.1. The highest BCUT2D eigenvalue weighted by atomic mass is 35.5. The molecule has 0 saturated carbocycles. The number of hydrogen-bond donors (Lipinski definition) is 1. The van der Waals surface area contributed by atoms with Gasteiger partial charge >= 0.3 is 5.97 Å². The zero-order chi connectivity index (χ0) is 12.3. The highest BCUT2D eigenvalue weighted by Crippen LogP contribution is 2.40. The Balaban J connectivity index is 3.46. The van der Waals surface area contributed by atoms with Crippen molar-refractivity contribution in [3.63, 3.8) is 0 Å². The monoisotopic (exact) mass is 245 g/mol. The van der Waals surface area contributed by atoms with E-state index >= 15 is 0 Å². The Bertz CT molecular complexity index is 420. The number of halogens is 1. The number of hydrogen-bond acceptors (Lipinski definition) is 5. The number of carbonyl (C=O) groups is 1. The zero-order valence-corrected chi connectivity index (χ0v) is 9.92. The molecule has 2 N–H and O–H groups in total. The van der Waals surface area contributed by atoms with Crippen LogP contribution in [0, 0.1) is 0 Å². The first-order valence-electron chi connectivity index (χ1n) is 4.35. The molecule has 0 heterocycles. The van der Waals surface area contributed by atoms with Crippen LogP contribution in [0.25, 0.3) is 0 Å². The molecule has 0 aliphatic rings. The van der Waals surface area contributed by atoms with Crippen molar-refractivity contribution in [1.82, 2.24) is 0 Å². The van der Waals surface area contributed by atoms with Crippen LogP contribution in [0.1, 0.15) is 10.4 Å². The molecule has 0 aromatic heterocycles. The lowest BCUT2D eigenvalue weighted by Crippen LogP contribution is -2.08. The average molecular weight is 246 g/mol. The Labute approximate surface area is 98.0 Å². The SMILES string of the molecule is COC(=O)c1c(Cl)cc(OC)c(OC)c1N. The van der Waals surface area contributed by atoms with Crippen LogP contribution >= 0.6 is 11.6 Å². The molecule has 0 amide bonds. The van der Waals surface area contributed by atoms with Crippen molar-refractivity contribution in [2.75, 3.05) is 27.1 Å². The second kappa shape index (κ2) is 4.94. The maximum absolute atomic E-state index is 11.4. The fourth-order valence-electron chi connectivity index (χ4n) is 1.30. The summed E-state index contributed by atoms with van der Waals surface area (Å²) in [4.78, 5) is 11.4. The lowest BCUT2D eigenvalue weighted by molar-refractivity contribution is 0.0602. The van der Waals surface area contributed by atoms with Crippen LogP contribution in [0.5, 0.6) is 11.5 Å². The van der Waals surface area contributed by atoms with E-state index in [1.165, 1.54) is 27.4 Å². The second-order valence-corrected chi connectivity index (χ2v) is 3.28. The van der Waals surface area contributed by atoms with Crippen molar-refractivity contribution in [3.05, 3.63) is 16.7 Å². The largest absolute Gasteiger partial charge is 0.493 e. The molecule has 0 atom stereocenters. The molecular weight excluding hydrogens is 234 g/mol. The van der Waals surface area contributed by atoms with Gasteiger partial charge in [-0.15, -0.1) is 0 Å². The van der Waals surface area contributed by atoms with Crippen molar-refractivity contribution in [1.29, 1.82) is 0 Å². The van der Waals surface area contributed by atoms with Gasteiger partial charge in [0, 0.05) is 6.07 Å². The van der Waals surface area contributed by atoms with Gasteiger partial charge < -0.3 is 19.9 Å². The van der Waals surface area contributed by atoms with Crippen molar-refractivity contribution >= 4 is 23.3 Å². The molecule has 0 saturated heterocycles. The number of ether oxygens (including phenoxy) is 3. The summed E-state index contributed by atoms with van der Waals surface area (Å²) in [7, 11) is 4.11. The van der Waals surface area contributed by atoms with E-state index in [4.69, 9.17) is 26.8 Å². The summed E-state index contributed by atoms with van der Waals surface area (Å²) in [6, 6.07) is 1.45. The van der Waals surface area contributed by atoms with Crippen molar-refractivity contribution < 1.29 is 19.0 Å². The predicted octanol–water partition coefficient (Wildman–Crippen LogP) is 1.73. The summed E-state index contributed by atoms with van der Waals surface area (Å²) in [5.41, 5.74) is 5.92. The van der Waals surface area contributed by atoms with Crippen LogP contribution in [0.15, 0.2) is 6.07 Å². The zero-order valence-electron chi connectivity index (χ0n) is 9.17. The number of esters is 1. The summed E-state index contributed by atoms with van der Waals surface area (Å²) in [5, 5.41) is 0.155. The average Bonchev–Trinajstić information content (AvgIpc) is 2.27. The van der Waals surface area contributed by atoms with Crippen molar-refractivity contribution in [2.45, 2.75) is 0 Å². The second-order valence-electron chi connectivity index (χ2n) is 2.87. The summed E-state index contributed by atoms with van der Waals surface area (Å²) >= 11 is 5.90. The number of rotatable bonds is 3. The quantitative estimate of drug-likeness (QED) is 0.649. The van der Waals surface area contributed by atoms with Gasteiger partial charge in [-0.2, -0.15) is 0 Å². The van der Waals surface area contributed by atoms with Crippen LogP contribution in [-0.4, -0.2) is 27.3 Å².